The predicted octanol–water partition coefficient (Wildman–Crippen LogP) is 2.02. The lowest BCUT2D eigenvalue weighted by Crippen LogP contribution is -2.58. The fourth-order valence-corrected chi connectivity index (χ4v) is 4.76. The molecule has 0 bridgehead atoms. The molecular formula is C14H27NO2S. The molecule has 4 heteroatoms. The zero-order chi connectivity index (χ0) is 13.4. The molecule has 0 saturated carbocycles. The van der Waals surface area contributed by atoms with Crippen LogP contribution in [0.5, 0.6) is 0 Å². The van der Waals surface area contributed by atoms with Crippen molar-refractivity contribution >= 4 is 11.8 Å². The first-order valence-corrected chi connectivity index (χ1v) is 8.13. The minimum Gasteiger partial charge on any atom is -0.388 e. The van der Waals surface area contributed by atoms with Crippen LogP contribution in [0.3, 0.4) is 0 Å². The Hall–Kier alpha value is 0.230. The second-order valence-electron chi connectivity index (χ2n) is 6.90. The summed E-state index contributed by atoms with van der Waals surface area (Å²) in [7, 11) is 0. The topological polar surface area (TPSA) is 55.5 Å². The molecule has 2 fully saturated rings. The summed E-state index contributed by atoms with van der Waals surface area (Å²) < 4.78 is 6.04. The molecule has 0 radical (unpaired) electrons. The Labute approximate surface area is 115 Å². The van der Waals surface area contributed by atoms with Crippen LogP contribution in [0.1, 0.15) is 40.0 Å². The number of nitrogens with two attached hydrogens (primary N) is 1. The maximum atomic E-state index is 11.0. The van der Waals surface area contributed by atoms with Crippen LogP contribution < -0.4 is 5.73 Å². The molecule has 0 aliphatic carbocycles. The highest BCUT2D eigenvalue weighted by Gasteiger charge is 2.51. The van der Waals surface area contributed by atoms with E-state index in [0.717, 1.165) is 31.6 Å². The summed E-state index contributed by atoms with van der Waals surface area (Å²) in [5.41, 5.74) is 4.97. The van der Waals surface area contributed by atoms with Gasteiger partial charge in [-0.3, -0.25) is 0 Å². The molecule has 18 heavy (non-hydrogen) atoms. The third kappa shape index (κ3) is 2.45. The van der Waals surface area contributed by atoms with Crippen molar-refractivity contribution in [2.75, 3.05) is 24.7 Å². The van der Waals surface area contributed by atoms with Crippen LogP contribution >= 0.6 is 11.8 Å². The molecule has 2 aliphatic rings. The summed E-state index contributed by atoms with van der Waals surface area (Å²) in [6, 6.07) is 0. The normalized spacial score (nSPS) is 36.8. The Balaban J connectivity index is 2.17. The molecule has 2 saturated heterocycles. The van der Waals surface area contributed by atoms with Crippen molar-refractivity contribution in [1.29, 1.82) is 0 Å². The lowest BCUT2D eigenvalue weighted by molar-refractivity contribution is -0.163. The molecule has 3 unspecified atom stereocenters. The molecule has 2 heterocycles. The molecule has 106 valence electrons. The van der Waals surface area contributed by atoms with Crippen LogP contribution in [-0.4, -0.2) is 41.0 Å². The van der Waals surface area contributed by atoms with Crippen LogP contribution in [0.2, 0.25) is 0 Å². The Morgan fingerprint density at radius 2 is 2.17 bits per heavy atom. The number of hydrogen-bond acceptors (Lipinski definition) is 4. The van der Waals surface area contributed by atoms with Gasteiger partial charge in [-0.25, -0.2) is 0 Å². The van der Waals surface area contributed by atoms with Crippen molar-refractivity contribution in [2.24, 2.45) is 17.1 Å². The molecule has 3 atom stereocenters. The number of rotatable bonds is 2. The van der Waals surface area contributed by atoms with Gasteiger partial charge in [0.1, 0.15) is 0 Å². The summed E-state index contributed by atoms with van der Waals surface area (Å²) in [6.45, 7) is 7.37. The predicted molar refractivity (Wildman–Crippen MR) is 76.8 cm³/mol. The Bertz CT molecular complexity index is 297. The fourth-order valence-electron chi connectivity index (χ4n) is 3.38. The zero-order valence-corrected chi connectivity index (χ0v) is 12.7. The van der Waals surface area contributed by atoms with Gasteiger partial charge in [-0.15, -0.1) is 0 Å². The standard InChI is InChI=1S/C14H27NO2S/c1-12(2,3)14(16,9-15)11-4-6-17-13(8-11)5-7-18-10-13/h11,16H,4-10,15H2,1-3H3. The summed E-state index contributed by atoms with van der Waals surface area (Å²) in [6.07, 6.45) is 3.02. The van der Waals surface area contributed by atoms with Gasteiger partial charge in [0, 0.05) is 18.9 Å². The lowest BCUT2D eigenvalue weighted by Gasteiger charge is -2.50. The quantitative estimate of drug-likeness (QED) is 0.808. The second-order valence-corrected chi connectivity index (χ2v) is 8.01. The molecule has 2 rings (SSSR count). The van der Waals surface area contributed by atoms with E-state index in [9.17, 15) is 5.11 Å². The van der Waals surface area contributed by atoms with Crippen LogP contribution in [0.15, 0.2) is 0 Å². The van der Waals surface area contributed by atoms with E-state index in [2.05, 4.69) is 20.8 Å². The van der Waals surface area contributed by atoms with Gasteiger partial charge < -0.3 is 15.6 Å². The van der Waals surface area contributed by atoms with Crippen LogP contribution in [0, 0.1) is 11.3 Å². The van der Waals surface area contributed by atoms with Crippen molar-refractivity contribution in [3.05, 3.63) is 0 Å². The summed E-state index contributed by atoms with van der Waals surface area (Å²) in [5.74, 6) is 2.52. The number of hydrogen-bond donors (Lipinski definition) is 2. The lowest BCUT2D eigenvalue weighted by atomic mass is 9.64. The molecule has 0 aromatic carbocycles. The number of ether oxygens (including phenoxy) is 1. The molecule has 0 aromatic rings. The fraction of sp³-hybridized carbons (Fsp3) is 1.00. The smallest absolute Gasteiger partial charge is 0.0847 e. The highest BCUT2D eigenvalue weighted by molar-refractivity contribution is 7.99. The third-order valence-corrected chi connectivity index (χ3v) is 6.07. The van der Waals surface area contributed by atoms with Gasteiger partial charge in [0.25, 0.3) is 0 Å². The molecule has 0 amide bonds. The van der Waals surface area contributed by atoms with E-state index in [1.807, 2.05) is 11.8 Å². The van der Waals surface area contributed by atoms with Crippen molar-refractivity contribution in [2.45, 2.75) is 51.2 Å². The number of thioether (sulfide) groups is 1. The van der Waals surface area contributed by atoms with E-state index in [4.69, 9.17) is 10.5 Å². The van der Waals surface area contributed by atoms with E-state index in [1.54, 1.807) is 0 Å². The van der Waals surface area contributed by atoms with E-state index in [1.165, 1.54) is 5.75 Å². The molecular weight excluding hydrogens is 246 g/mol. The van der Waals surface area contributed by atoms with Gasteiger partial charge in [0.15, 0.2) is 0 Å². The molecule has 1 spiro atoms. The zero-order valence-electron chi connectivity index (χ0n) is 11.9. The van der Waals surface area contributed by atoms with E-state index < -0.39 is 5.60 Å². The first kappa shape index (κ1) is 14.6. The highest BCUT2D eigenvalue weighted by atomic mass is 32.2. The average Bonchev–Trinajstić information content (AvgIpc) is 2.74. The van der Waals surface area contributed by atoms with Gasteiger partial charge in [0.2, 0.25) is 0 Å². The minimum absolute atomic E-state index is 0.0159. The first-order valence-electron chi connectivity index (χ1n) is 6.97. The van der Waals surface area contributed by atoms with Crippen LogP contribution in [-0.2, 0) is 4.74 Å². The van der Waals surface area contributed by atoms with Gasteiger partial charge in [-0.05, 0) is 36.3 Å². The Morgan fingerprint density at radius 1 is 1.44 bits per heavy atom. The van der Waals surface area contributed by atoms with Crippen molar-refractivity contribution in [3.63, 3.8) is 0 Å². The maximum Gasteiger partial charge on any atom is 0.0847 e. The SMILES string of the molecule is CC(C)(C)C(O)(CN)C1CCOC2(CCSC2)C1. The Kier molecular flexibility index (Phi) is 4.04. The van der Waals surface area contributed by atoms with Gasteiger partial charge in [0.05, 0.1) is 11.2 Å². The van der Waals surface area contributed by atoms with E-state index >= 15 is 0 Å². The van der Waals surface area contributed by atoms with Gasteiger partial charge >= 0.3 is 0 Å². The summed E-state index contributed by atoms with van der Waals surface area (Å²) in [5, 5.41) is 11.0. The summed E-state index contributed by atoms with van der Waals surface area (Å²) in [4.78, 5) is 0. The van der Waals surface area contributed by atoms with E-state index in [-0.39, 0.29) is 16.9 Å². The maximum absolute atomic E-state index is 11.0. The third-order valence-electron chi connectivity index (χ3n) is 4.85. The molecule has 0 aromatic heterocycles. The minimum atomic E-state index is -0.781. The van der Waals surface area contributed by atoms with Crippen LogP contribution in [0.25, 0.3) is 0 Å². The van der Waals surface area contributed by atoms with Crippen molar-refractivity contribution < 1.29 is 9.84 Å². The highest BCUT2D eigenvalue weighted by Crippen LogP contribution is 2.47. The Morgan fingerprint density at radius 3 is 2.67 bits per heavy atom. The van der Waals surface area contributed by atoms with Crippen LogP contribution in [0.4, 0.5) is 0 Å². The summed E-state index contributed by atoms with van der Waals surface area (Å²) >= 11 is 1.97. The average molecular weight is 273 g/mol. The van der Waals surface area contributed by atoms with E-state index in [0.29, 0.717) is 6.54 Å². The second kappa shape index (κ2) is 4.97. The van der Waals surface area contributed by atoms with Gasteiger partial charge in [-0.1, -0.05) is 20.8 Å². The van der Waals surface area contributed by atoms with Crippen molar-refractivity contribution in [1.82, 2.24) is 0 Å². The number of aliphatic hydroxyl groups is 1. The molecule has 2 aliphatic heterocycles. The monoisotopic (exact) mass is 273 g/mol. The first-order chi connectivity index (χ1) is 8.33. The largest absolute Gasteiger partial charge is 0.388 e. The molecule has 3 nitrogen and oxygen atoms in total. The van der Waals surface area contributed by atoms with Crippen molar-refractivity contribution in [3.8, 4) is 0 Å². The molecule has 3 N–H and O–H groups in total. The van der Waals surface area contributed by atoms with Gasteiger partial charge in [-0.2, -0.15) is 11.8 Å².